The highest BCUT2D eigenvalue weighted by molar-refractivity contribution is 5.81. The van der Waals surface area contributed by atoms with E-state index in [9.17, 15) is 4.79 Å². The van der Waals surface area contributed by atoms with Gasteiger partial charge in [-0.3, -0.25) is 0 Å². The molecule has 0 aromatic heterocycles. The average molecular weight is 156 g/mol. The highest BCUT2D eigenvalue weighted by Crippen LogP contribution is 2.09. The molecule has 0 amide bonds. The first kappa shape index (κ1) is 8.27. The summed E-state index contributed by atoms with van der Waals surface area (Å²) in [7, 11) is 0. The predicted octanol–water partition coefficient (Wildman–Crippen LogP) is 0.752. The van der Waals surface area contributed by atoms with Crippen LogP contribution in [0.1, 0.15) is 6.92 Å². The molecular weight excluding hydrogens is 144 g/mol. The molecule has 0 bridgehead atoms. The monoisotopic (exact) mass is 156 g/mol. The third kappa shape index (κ3) is 2.72. The lowest BCUT2D eigenvalue weighted by molar-refractivity contribution is -0.144. The van der Waals surface area contributed by atoms with Crippen molar-refractivity contribution in [2.24, 2.45) is 5.92 Å². The predicted molar refractivity (Wildman–Crippen MR) is 40.1 cm³/mol. The number of hydrogen-bond donors (Lipinski definition) is 0. The van der Waals surface area contributed by atoms with E-state index >= 15 is 0 Å². The van der Waals surface area contributed by atoms with E-state index in [2.05, 4.69) is 0 Å². The summed E-state index contributed by atoms with van der Waals surface area (Å²) in [6.07, 6.45) is 3.08. The number of carbonyl (C=O) groups is 1. The van der Waals surface area contributed by atoms with Crippen LogP contribution in [0.5, 0.6) is 0 Å². The van der Waals surface area contributed by atoms with Crippen molar-refractivity contribution in [2.75, 3.05) is 19.8 Å². The third-order valence-electron chi connectivity index (χ3n) is 1.47. The highest BCUT2D eigenvalue weighted by Gasteiger charge is 2.19. The molecule has 1 aliphatic heterocycles. The van der Waals surface area contributed by atoms with Crippen LogP contribution in [-0.4, -0.2) is 25.8 Å². The number of allylic oxidation sites excluding steroid dienone is 1. The minimum absolute atomic E-state index is 0.264. The topological polar surface area (TPSA) is 35.5 Å². The van der Waals surface area contributed by atoms with E-state index in [-0.39, 0.29) is 5.97 Å². The fraction of sp³-hybridized carbons (Fsp3) is 0.625. The van der Waals surface area contributed by atoms with Gasteiger partial charge >= 0.3 is 5.97 Å². The van der Waals surface area contributed by atoms with Crippen molar-refractivity contribution in [2.45, 2.75) is 6.92 Å². The molecule has 1 saturated heterocycles. The summed E-state index contributed by atoms with van der Waals surface area (Å²) < 4.78 is 9.80. The summed E-state index contributed by atoms with van der Waals surface area (Å²) in [5, 5.41) is 0. The molecule has 0 radical (unpaired) electrons. The van der Waals surface area contributed by atoms with E-state index in [1.165, 1.54) is 6.08 Å². The highest BCUT2D eigenvalue weighted by atomic mass is 16.5. The number of ether oxygens (including phenoxy) is 2. The number of hydrogen-bond acceptors (Lipinski definition) is 3. The standard InChI is InChI=1S/C8H12O3/c1-2-3-8(9)11-6-7-4-10-5-7/h2-3,7H,4-6H2,1H3. The maximum absolute atomic E-state index is 10.7. The van der Waals surface area contributed by atoms with Crippen LogP contribution in [0.4, 0.5) is 0 Å². The second-order valence-corrected chi connectivity index (χ2v) is 2.53. The van der Waals surface area contributed by atoms with Crippen LogP contribution in [0.2, 0.25) is 0 Å². The van der Waals surface area contributed by atoms with E-state index in [1.807, 2.05) is 0 Å². The molecule has 0 atom stereocenters. The van der Waals surface area contributed by atoms with Crippen molar-refractivity contribution in [3.8, 4) is 0 Å². The van der Waals surface area contributed by atoms with Gasteiger partial charge in [0.05, 0.1) is 19.8 Å². The quantitative estimate of drug-likeness (QED) is 0.447. The van der Waals surface area contributed by atoms with Gasteiger partial charge < -0.3 is 9.47 Å². The van der Waals surface area contributed by atoms with Crippen LogP contribution in [-0.2, 0) is 14.3 Å². The molecule has 0 aromatic carbocycles. The number of esters is 1. The van der Waals surface area contributed by atoms with Crippen LogP contribution in [0, 0.1) is 5.92 Å². The first-order valence-electron chi connectivity index (χ1n) is 3.70. The second-order valence-electron chi connectivity index (χ2n) is 2.53. The van der Waals surface area contributed by atoms with Crippen molar-refractivity contribution in [3.63, 3.8) is 0 Å². The molecule has 0 N–H and O–H groups in total. The fourth-order valence-corrected chi connectivity index (χ4v) is 0.765. The van der Waals surface area contributed by atoms with E-state index in [0.29, 0.717) is 12.5 Å². The minimum atomic E-state index is -0.264. The van der Waals surface area contributed by atoms with E-state index < -0.39 is 0 Å². The van der Waals surface area contributed by atoms with Crippen LogP contribution in [0.3, 0.4) is 0 Å². The normalized spacial score (nSPS) is 18.3. The minimum Gasteiger partial charge on any atom is -0.462 e. The Hall–Kier alpha value is -0.830. The lowest BCUT2D eigenvalue weighted by atomic mass is 10.1. The zero-order chi connectivity index (χ0) is 8.10. The van der Waals surface area contributed by atoms with Gasteiger partial charge in [-0.25, -0.2) is 4.79 Å². The molecule has 0 spiro atoms. The van der Waals surface area contributed by atoms with Gasteiger partial charge in [-0.15, -0.1) is 0 Å². The summed E-state index contributed by atoms with van der Waals surface area (Å²) in [6.45, 7) is 3.73. The van der Waals surface area contributed by atoms with Gasteiger partial charge in [-0.1, -0.05) is 6.08 Å². The largest absolute Gasteiger partial charge is 0.462 e. The summed E-state index contributed by atoms with van der Waals surface area (Å²) in [4.78, 5) is 10.7. The maximum Gasteiger partial charge on any atom is 0.330 e. The zero-order valence-electron chi connectivity index (χ0n) is 6.58. The van der Waals surface area contributed by atoms with Crippen LogP contribution in [0.25, 0.3) is 0 Å². The number of rotatable bonds is 3. The molecule has 1 aliphatic rings. The Labute approximate surface area is 66.0 Å². The Balaban J connectivity index is 2.05. The Morgan fingerprint density at radius 1 is 1.73 bits per heavy atom. The molecule has 1 rings (SSSR count). The van der Waals surface area contributed by atoms with Crippen molar-refractivity contribution in [1.82, 2.24) is 0 Å². The average Bonchev–Trinajstić information content (AvgIpc) is 1.85. The van der Waals surface area contributed by atoms with E-state index in [1.54, 1.807) is 13.0 Å². The first-order chi connectivity index (χ1) is 5.33. The molecule has 62 valence electrons. The van der Waals surface area contributed by atoms with Crippen LogP contribution in [0.15, 0.2) is 12.2 Å². The molecule has 1 heterocycles. The summed E-state index contributed by atoms with van der Waals surface area (Å²) in [5.41, 5.74) is 0. The van der Waals surface area contributed by atoms with Crippen molar-refractivity contribution >= 4 is 5.97 Å². The Morgan fingerprint density at radius 2 is 2.45 bits per heavy atom. The fourth-order valence-electron chi connectivity index (χ4n) is 0.765. The Kier molecular flexibility index (Phi) is 3.11. The van der Waals surface area contributed by atoms with Gasteiger partial charge in [0.15, 0.2) is 0 Å². The van der Waals surface area contributed by atoms with Crippen LogP contribution < -0.4 is 0 Å². The van der Waals surface area contributed by atoms with Crippen molar-refractivity contribution in [3.05, 3.63) is 12.2 Å². The molecule has 3 nitrogen and oxygen atoms in total. The molecular formula is C8H12O3. The van der Waals surface area contributed by atoms with Gasteiger partial charge in [0.25, 0.3) is 0 Å². The summed E-state index contributed by atoms with van der Waals surface area (Å²) in [6, 6.07) is 0. The molecule has 1 fully saturated rings. The molecule has 0 aliphatic carbocycles. The van der Waals surface area contributed by atoms with Gasteiger partial charge in [0.2, 0.25) is 0 Å². The van der Waals surface area contributed by atoms with Gasteiger partial charge in [-0.05, 0) is 6.92 Å². The van der Waals surface area contributed by atoms with Gasteiger partial charge in [-0.2, -0.15) is 0 Å². The summed E-state index contributed by atoms with van der Waals surface area (Å²) in [5.74, 6) is 0.156. The van der Waals surface area contributed by atoms with Gasteiger partial charge in [0.1, 0.15) is 0 Å². The number of carbonyl (C=O) groups excluding carboxylic acids is 1. The molecule has 3 heteroatoms. The smallest absolute Gasteiger partial charge is 0.330 e. The first-order valence-corrected chi connectivity index (χ1v) is 3.70. The zero-order valence-corrected chi connectivity index (χ0v) is 6.58. The molecule has 0 aromatic rings. The molecule has 0 saturated carbocycles. The van der Waals surface area contributed by atoms with Crippen molar-refractivity contribution < 1.29 is 14.3 Å². The summed E-state index contributed by atoms with van der Waals surface area (Å²) >= 11 is 0. The third-order valence-corrected chi connectivity index (χ3v) is 1.47. The van der Waals surface area contributed by atoms with Crippen LogP contribution >= 0.6 is 0 Å². The molecule has 0 unspecified atom stereocenters. The lowest BCUT2D eigenvalue weighted by Gasteiger charge is -2.24. The second kappa shape index (κ2) is 4.13. The Morgan fingerprint density at radius 3 is 2.91 bits per heavy atom. The van der Waals surface area contributed by atoms with E-state index in [0.717, 1.165) is 13.2 Å². The van der Waals surface area contributed by atoms with Crippen molar-refractivity contribution in [1.29, 1.82) is 0 Å². The van der Waals surface area contributed by atoms with Gasteiger partial charge in [0, 0.05) is 12.0 Å². The maximum atomic E-state index is 10.7. The Bertz CT molecular complexity index is 159. The SMILES string of the molecule is CC=CC(=O)OCC1COC1. The lowest BCUT2D eigenvalue weighted by Crippen LogP contribution is -2.32. The molecule has 11 heavy (non-hydrogen) atoms. The van der Waals surface area contributed by atoms with E-state index in [4.69, 9.17) is 9.47 Å².